The van der Waals surface area contributed by atoms with E-state index in [0.29, 0.717) is 12.1 Å². The molecule has 104 valence electrons. The zero-order valence-corrected chi connectivity index (χ0v) is 13.7. The van der Waals surface area contributed by atoms with Crippen LogP contribution in [0.2, 0.25) is 0 Å². The summed E-state index contributed by atoms with van der Waals surface area (Å²) in [7, 11) is 2.14. The lowest BCUT2D eigenvalue weighted by Crippen LogP contribution is -2.29. The van der Waals surface area contributed by atoms with E-state index in [9.17, 15) is 0 Å². The highest BCUT2D eigenvalue weighted by molar-refractivity contribution is 7.98. The first kappa shape index (κ1) is 15.8. The highest BCUT2D eigenvalue weighted by Gasteiger charge is 2.13. The van der Waals surface area contributed by atoms with Gasteiger partial charge in [-0.25, -0.2) is 4.98 Å². The van der Waals surface area contributed by atoms with E-state index in [0.717, 1.165) is 17.4 Å². The Balaban J connectivity index is 2.50. The van der Waals surface area contributed by atoms with Gasteiger partial charge in [-0.05, 0) is 25.4 Å². The maximum atomic E-state index is 4.69. The summed E-state index contributed by atoms with van der Waals surface area (Å²) in [6.45, 7) is 7.44. The Morgan fingerprint density at radius 1 is 1.44 bits per heavy atom. The number of thiazole rings is 1. The first-order valence-corrected chi connectivity index (χ1v) is 8.71. The van der Waals surface area contributed by atoms with Crippen LogP contribution in [0.5, 0.6) is 0 Å². The molecular formula is C13H25N3S2. The number of hydrogen-bond acceptors (Lipinski definition) is 5. The molecule has 0 aromatic carbocycles. The van der Waals surface area contributed by atoms with Gasteiger partial charge in [-0.3, -0.25) is 0 Å². The van der Waals surface area contributed by atoms with Gasteiger partial charge in [-0.2, -0.15) is 11.8 Å². The molecule has 0 bridgehead atoms. The van der Waals surface area contributed by atoms with Gasteiger partial charge >= 0.3 is 0 Å². The molecule has 1 heterocycles. The van der Waals surface area contributed by atoms with Crippen LogP contribution in [0, 0.1) is 0 Å². The van der Waals surface area contributed by atoms with Crippen LogP contribution in [0.25, 0.3) is 0 Å². The molecule has 1 unspecified atom stereocenters. The first-order chi connectivity index (χ1) is 8.54. The summed E-state index contributed by atoms with van der Waals surface area (Å²) >= 11 is 3.64. The SMILES string of the molecule is CSCCC(C)N(C)c1nc(CNC(C)C)cs1. The molecule has 1 atom stereocenters. The summed E-state index contributed by atoms with van der Waals surface area (Å²) < 4.78 is 0. The molecule has 1 rings (SSSR count). The maximum absolute atomic E-state index is 4.69. The van der Waals surface area contributed by atoms with Gasteiger partial charge in [0, 0.05) is 31.1 Å². The van der Waals surface area contributed by atoms with E-state index in [-0.39, 0.29) is 0 Å². The predicted molar refractivity (Wildman–Crippen MR) is 85.0 cm³/mol. The second-order valence-electron chi connectivity index (χ2n) is 4.90. The molecular weight excluding hydrogens is 262 g/mol. The van der Waals surface area contributed by atoms with Gasteiger partial charge in [0.2, 0.25) is 0 Å². The first-order valence-electron chi connectivity index (χ1n) is 6.44. The minimum atomic E-state index is 0.508. The van der Waals surface area contributed by atoms with Crippen molar-refractivity contribution in [2.75, 3.05) is 24.0 Å². The highest BCUT2D eigenvalue weighted by atomic mass is 32.2. The van der Waals surface area contributed by atoms with Crippen LogP contribution in [0.4, 0.5) is 5.13 Å². The van der Waals surface area contributed by atoms with Crippen molar-refractivity contribution >= 4 is 28.2 Å². The van der Waals surface area contributed by atoms with Crippen LogP contribution < -0.4 is 10.2 Å². The topological polar surface area (TPSA) is 28.2 Å². The molecule has 18 heavy (non-hydrogen) atoms. The lowest BCUT2D eigenvalue weighted by molar-refractivity contribution is 0.582. The van der Waals surface area contributed by atoms with Gasteiger partial charge in [0.05, 0.1) is 5.69 Å². The smallest absolute Gasteiger partial charge is 0.185 e. The molecule has 0 spiro atoms. The monoisotopic (exact) mass is 287 g/mol. The van der Waals surface area contributed by atoms with E-state index in [4.69, 9.17) is 0 Å². The fourth-order valence-electron chi connectivity index (χ4n) is 1.52. The van der Waals surface area contributed by atoms with Crippen LogP contribution in [0.1, 0.15) is 32.9 Å². The largest absolute Gasteiger partial charge is 0.348 e. The Morgan fingerprint density at radius 3 is 2.78 bits per heavy atom. The average Bonchev–Trinajstić information content (AvgIpc) is 2.81. The van der Waals surface area contributed by atoms with Gasteiger partial charge < -0.3 is 10.2 Å². The van der Waals surface area contributed by atoms with Crippen molar-refractivity contribution in [2.45, 2.75) is 45.8 Å². The molecule has 0 fully saturated rings. The van der Waals surface area contributed by atoms with Crippen molar-refractivity contribution in [3.63, 3.8) is 0 Å². The number of anilines is 1. The highest BCUT2D eigenvalue weighted by Crippen LogP contribution is 2.22. The van der Waals surface area contributed by atoms with Crippen molar-refractivity contribution < 1.29 is 0 Å². The molecule has 0 aliphatic heterocycles. The van der Waals surface area contributed by atoms with Crippen molar-refractivity contribution in [2.24, 2.45) is 0 Å². The number of thioether (sulfide) groups is 1. The molecule has 3 nitrogen and oxygen atoms in total. The summed E-state index contributed by atoms with van der Waals surface area (Å²) in [5, 5.41) is 6.68. The van der Waals surface area contributed by atoms with Gasteiger partial charge in [0.1, 0.15) is 0 Å². The van der Waals surface area contributed by atoms with Crippen molar-refractivity contribution in [3.05, 3.63) is 11.1 Å². The second-order valence-corrected chi connectivity index (χ2v) is 6.72. The number of nitrogens with zero attached hydrogens (tertiary/aromatic N) is 2. The summed E-state index contributed by atoms with van der Waals surface area (Å²) in [6.07, 6.45) is 3.36. The molecule has 1 aromatic heterocycles. The lowest BCUT2D eigenvalue weighted by Gasteiger charge is -2.23. The average molecular weight is 287 g/mol. The summed E-state index contributed by atoms with van der Waals surface area (Å²) in [4.78, 5) is 6.98. The van der Waals surface area contributed by atoms with E-state index in [1.165, 1.54) is 12.2 Å². The Labute approximate surface area is 119 Å². The summed E-state index contributed by atoms with van der Waals surface area (Å²) in [5.74, 6) is 1.21. The zero-order valence-electron chi connectivity index (χ0n) is 12.1. The van der Waals surface area contributed by atoms with Crippen LogP contribution in [-0.2, 0) is 6.54 Å². The normalized spacial score (nSPS) is 13.0. The molecule has 0 radical (unpaired) electrons. The minimum Gasteiger partial charge on any atom is -0.348 e. The Hall–Kier alpha value is -0.260. The van der Waals surface area contributed by atoms with Gasteiger partial charge in [-0.1, -0.05) is 13.8 Å². The molecule has 0 amide bonds. The van der Waals surface area contributed by atoms with Gasteiger partial charge in [0.25, 0.3) is 0 Å². The molecule has 0 saturated heterocycles. The van der Waals surface area contributed by atoms with Crippen LogP contribution >= 0.6 is 23.1 Å². The van der Waals surface area contributed by atoms with E-state index in [1.54, 1.807) is 11.3 Å². The lowest BCUT2D eigenvalue weighted by atomic mass is 10.2. The van der Waals surface area contributed by atoms with Crippen molar-refractivity contribution in [3.8, 4) is 0 Å². The fraction of sp³-hybridized carbons (Fsp3) is 0.769. The Bertz CT molecular complexity index is 339. The third-order valence-electron chi connectivity index (χ3n) is 2.93. The van der Waals surface area contributed by atoms with Crippen molar-refractivity contribution in [1.29, 1.82) is 0 Å². The minimum absolute atomic E-state index is 0.508. The summed E-state index contributed by atoms with van der Waals surface area (Å²) in [6, 6.07) is 1.06. The number of hydrogen-bond donors (Lipinski definition) is 1. The molecule has 0 aliphatic rings. The number of aromatic nitrogens is 1. The zero-order chi connectivity index (χ0) is 13.5. The van der Waals surface area contributed by atoms with Crippen molar-refractivity contribution in [1.82, 2.24) is 10.3 Å². The van der Waals surface area contributed by atoms with E-state index in [1.807, 2.05) is 11.8 Å². The number of nitrogens with one attached hydrogen (secondary N) is 1. The Morgan fingerprint density at radius 2 is 2.17 bits per heavy atom. The van der Waals surface area contributed by atoms with E-state index < -0.39 is 0 Å². The Kier molecular flexibility index (Phi) is 7.04. The van der Waals surface area contributed by atoms with Gasteiger partial charge in [-0.15, -0.1) is 11.3 Å². The second kappa shape index (κ2) is 8.02. The van der Waals surface area contributed by atoms with Crippen LogP contribution in [0.3, 0.4) is 0 Å². The quantitative estimate of drug-likeness (QED) is 0.794. The standard InChI is InChI=1S/C13H25N3S2/c1-10(2)14-8-12-9-18-13(15-12)16(4)11(3)6-7-17-5/h9-11,14H,6-8H2,1-5H3. The van der Waals surface area contributed by atoms with Crippen LogP contribution in [-0.4, -0.2) is 36.1 Å². The molecule has 0 aliphatic carbocycles. The van der Waals surface area contributed by atoms with E-state index in [2.05, 4.69) is 54.7 Å². The molecule has 0 saturated carbocycles. The maximum Gasteiger partial charge on any atom is 0.185 e. The summed E-state index contributed by atoms with van der Waals surface area (Å²) in [5.41, 5.74) is 1.15. The van der Waals surface area contributed by atoms with Crippen LogP contribution in [0.15, 0.2) is 5.38 Å². The van der Waals surface area contributed by atoms with Gasteiger partial charge in [0.15, 0.2) is 5.13 Å². The number of rotatable bonds is 8. The third-order valence-corrected chi connectivity index (χ3v) is 4.56. The van der Waals surface area contributed by atoms with E-state index >= 15 is 0 Å². The molecule has 5 heteroatoms. The fourth-order valence-corrected chi connectivity index (χ4v) is 2.99. The molecule has 1 N–H and O–H groups in total. The molecule has 1 aromatic rings. The third kappa shape index (κ3) is 5.16. The predicted octanol–water partition coefficient (Wildman–Crippen LogP) is 3.22.